The van der Waals surface area contributed by atoms with Gasteiger partial charge in [0.05, 0.1) is 16.4 Å². The van der Waals surface area contributed by atoms with Crippen molar-refractivity contribution in [1.29, 1.82) is 0 Å². The molecule has 0 fully saturated rings. The van der Waals surface area contributed by atoms with Crippen molar-refractivity contribution in [3.63, 3.8) is 0 Å². The third-order valence-electron chi connectivity index (χ3n) is 2.16. The van der Waals surface area contributed by atoms with Gasteiger partial charge >= 0.3 is 0 Å². The number of hydrogen-bond donors (Lipinski definition) is 1. The standard InChI is InChI=1S/C10H18BrN3/c1-3-6-12-7-5-10-9(11)8-13-14(10)4-2/h8,12H,3-7H2,1-2H3. The monoisotopic (exact) mass is 259 g/mol. The Kier molecular flexibility index (Phi) is 5.19. The predicted octanol–water partition coefficient (Wildman–Crippen LogP) is 2.21. The molecule has 80 valence electrons. The van der Waals surface area contributed by atoms with Crippen LogP contribution in [0.3, 0.4) is 0 Å². The zero-order chi connectivity index (χ0) is 10.4. The number of nitrogens with zero attached hydrogens (tertiary/aromatic N) is 2. The summed E-state index contributed by atoms with van der Waals surface area (Å²) in [5, 5.41) is 7.67. The Morgan fingerprint density at radius 1 is 1.43 bits per heavy atom. The molecule has 4 heteroatoms. The molecule has 0 unspecified atom stereocenters. The van der Waals surface area contributed by atoms with E-state index in [9.17, 15) is 0 Å². The molecule has 14 heavy (non-hydrogen) atoms. The largest absolute Gasteiger partial charge is 0.316 e. The van der Waals surface area contributed by atoms with Crippen molar-refractivity contribution in [2.45, 2.75) is 33.2 Å². The average molecular weight is 260 g/mol. The molecule has 1 heterocycles. The lowest BCUT2D eigenvalue weighted by Crippen LogP contribution is -2.19. The molecule has 0 saturated carbocycles. The lowest BCUT2D eigenvalue weighted by molar-refractivity contribution is 0.595. The number of aryl methyl sites for hydroxylation is 1. The zero-order valence-corrected chi connectivity index (χ0v) is 10.5. The van der Waals surface area contributed by atoms with Gasteiger partial charge in [0.2, 0.25) is 0 Å². The summed E-state index contributed by atoms with van der Waals surface area (Å²) in [5.41, 5.74) is 1.29. The van der Waals surface area contributed by atoms with Gasteiger partial charge in [-0.2, -0.15) is 5.10 Å². The van der Waals surface area contributed by atoms with E-state index >= 15 is 0 Å². The van der Waals surface area contributed by atoms with E-state index < -0.39 is 0 Å². The van der Waals surface area contributed by atoms with Crippen molar-refractivity contribution in [2.75, 3.05) is 13.1 Å². The molecule has 0 spiro atoms. The molecule has 0 aromatic carbocycles. The second-order valence-electron chi connectivity index (χ2n) is 3.25. The van der Waals surface area contributed by atoms with Crippen molar-refractivity contribution in [2.24, 2.45) is 0 Å². The molecule has 1 N–H and O–H groups in total. The number of nitrogens with one attached hydrogen (secondary N) is 1. The molecule has 1 aromatic heterocycles. The van der Waals surface area contributed by atoms with Crippen molar-refractivity contribution in [3.05, 3.63) is 16.4 Å². The van der Waals surface area contributed by atoms with Crippen molar-refractivity contribution in [3.8, 4) is 0 Å². The van der Waals surface area contributed by atoms with Crippen LogP contribution >= 0.6 is 15.9 Å². The summed E-state index contributed by atoms with van der Waals surface area (Å²) < 4.78 is 3.16. The molecule has 1 aromatic rings. The Bertz CT molecular complexity index is 270. The Morgan fingerprint density at radius 2 is 2.21 bits per heavy atom. The number of hydrogen-bond acceptors (Lipinski definition) is 2. The Hall–Kier alpha value is -0.350. The van der Waals surface area contributed by atoms with E-state index in [2.05, 4.69) is 40.2 Å². The topological polar surface area (TPSA) is 29.9 Å². The first kappa shape index (κ1) is 11.7. The summed E-state index contributed by atoms with van der Waals surface area (Å²) in [6, 6.07) is 0. The van der Waals surface area contributed by atoms with E-state index in [1.54, 1.807) is 0 Å². The summed E-state index contributed by atoms with van der Waals surface area (Å²) in [7, 11) is 0. The van der Waals surface area contributed by atoms with Crippen molar-refractivity contribution < 1.29 is 0 Å². The van der Waals surface area contributed by atoms with Gasteiger partial charge in [-0.1, -0.05) is 6.92 Å². The van der Waals surface area contributed by atoms with E-state index in [0.717, 1.165) is 30.5 Å². The highest BCUT2D eigenvalue weighted by molar-refractivity contribution is 9.10. The zero-order valence-electron chi connectivity index (χ0n) is 8.89. The minimum Gasteiger partial charge on any atom is -0.316 e. The first-order valence-corrected chi connectivity index (χ1v) is 5.99. The molecule has 0 bridgehead atoms. The fourth-order valence-corrected chi connectivity index (χ4v) is 1.91. The lowest BCUT2D eigenvalue weighted by atomic mass is 10.3. The quantitative estimate of drug-likeness (QED) is 0.795. The molecule has 0 atom stereocenters. The van der Waals surface area contributed by atoms with Gasteiger partial charge in [-0.3, -0.25) is 4.68 Å². The highest BCUT2D eigenvalue weighted by Gasteiger charge is 2.06. The van der Waals surface area contributed by atoms with Gasteiger partial charge in [0.25, 0.3) is 0 Å². The third kappa shape index (κ3) is 3.10. The molecule has 0 aliphatic rings. The second-order valence-corrected chi connectivity index (χ2v) is 4.11. The first-order chi connectivity index (χ1) is 6.79. The van der Waals surface area contributed by atoms with E-state index in [0.29, 0.717) is 0 Å². The van der Waals surface area contributed by atoms with Gasteiger partial charge in [0.1, 0.15) is 0 Å². The van der Waals surface area contributed by atoms with Crippen LogP contribution < -0.4 is 5.32 Å². The smallest absolute Gasteiger partial charge is 0.0635 e. The second kappa shape index (κ2) is 6.19. The van der Waals surface area contributed by atoms with Crippen LogP contribution in [0.15, 0.2) is 10.7 Å². The van der Waals surface area contributed by atoms with Crippen LogP contribution in [-0.4, -0.2) is 22.9 Å². The van der Waals surface area contributed by atoms with Crippen LogP contribution in [0.2, 0.25) is 0 Å². The van der Waals surface area contributed by atoms with E-state index in [1.807, 2.05) is 10.9 Å². The fourth-order valence-electron chi connectivity index (χ4n) is 1.42. The lowest BCUT2D eigenvalue weighted by Gasteiger charge is -2.06. The van der Waals surface area contributed by atoms with Crippen LogP contribution in [0.25, 0.3) is 0 Å². The third-order valence-corrected chi connectivity index (χ3v) is 2.83. The van der Waals surface area contributed by atoms with Gasteiger partial charge in [-0.25, -0.2) is 0 Å². The van der Waals surface area contributed by atoms with Crippen LogP contribution in [0.4, 0.5) is 0 Å². The molecule has 0 amide bonds. The Labute approximate surface area is 94.0 Å². The van der Waals surface area contributed by atoms with E-state index in [1.165, 1.54) is 12.1 Å². The van der Waals surface area contributed by atoms with Crippen LogP contribution in [-0.2, 0) is 13.0 Å². The number of halogens is 1. The van der Waals surface area contributed by atoms with E-state index in [-0.39, 0.29) is 0 Å². The number of rotatable bonds is 6. The molecule has 1 rings (SSSR count). The van der Waals surface area contributed by atoms with Crippen molar-refractivity contribution in [1.82, 2.24) is 15.1 Å². The van der Waals surface area contributed by atoms with Crippen molar-refractivity contribution >= 4 is 15.9 Å². The Morgan fingerprint density at radius 3 is 2.86 bits per heavy atom. The molecule has 0 aliphatic heterocycles. The van der Waals surface area contributed by atoms with Crippen LogP contribution in [0.1, 0.15) is 26.0 Å². The molecule has 0 radical (unpaired) electrons. The summed E-state index contributed by atoms with van der Waals surface area (Å²) in [6.45, 7) is 7.35. The summed E-state index contributed by atoms with van der Waals surface area (Å²) in [4.78, 5) is 0. The normalized spacial score (nSPS) is 10.8. The molecular formula is C10H18BrN3. The fraction of sp³-hybridized carbons (Fsp3) is 0.700. The van der Waals surface area contributed by atoms with Gasteiger partial charge in [-0.15, -0.1) is 0 Å². The van der Waals surface area contributed by atoms with Crippen LogP contribution in [0.5, 0.6) is 0 Å². The van der Waals surface area contributed by atoms with Gasteiger partial charge < -0.3 is 5.32 Å². The summed E-state index contributed by atoms with van der Waals surface area (Å²) >= 11 is 3.52. The van der Waals surface area contributed by atoms with E-state index in [4.69, 9.17) is 0 Å². The first-order valence-electron chi connectivity index (χ1n) is 5.20. The summed E-state index contributed by atoms with van der Waals surface area (Å²) in [5.74, 6) is 0. The maximum Gasteiger partial charge on any atom is 0.0635 e. The molecule has 0 saturated heterocycles. The van der Waals surface area contributed by atoms with Gasteiger partial charge in [0.15, 0.2) is 0 Å². The van der Waals surface area contributed by atoms with Gasteiger partial charge in [-0.05, 0) is 35.8 Å². The predicted molar refractivity (Wildman–Crippen MR) is 62.5 cm³/mol. The highest BCUT2D eigenvalue weighted by atomic mass is 79.9. The average Bonchev–Trinajstić information content (AvgIpc) is 2.55. The molecule has 0 aliphatic carbocycles. The Balaban J connectivity index is 2.44. The van der Waals surface area contributed by atoms with Gasteiger partial charge in [0, 0.05) is 19.5 Å². The molecular weight excluding hydrogens is 242 g/mol. The highest BCUT2D eigenvalue weighted by Crippen LogP contribution is 2.15. The maximum absolute atomic E-state index is 4.28. The van der Waals surface area contributed by atoms with Crippen LogP contribution in [0, 0.1) is 0 Å². The number of aromatic nitrogens is 2. The summed E-state index contributed by atoms with van der Waals surface area (Å²) in [6.07, 6.45) is 4.10. The molecule has 3 nitrogen and oxygen atoms in total. The minimum absolute atomic E-state index is 0.939. The minimum atomic E-state index is 0.939. The SMILES string of the molecule is CCCNCCc1c(Br)cnn1CC. The maximum atomic E-state index is 4.28.